The predicted octanol–water partition coefficient (Wildman–Crippen LogP) is 4.23. The molecule has 51 heavy (non-hydrogen) atoms. The summed E-state index contributed by atoms with van der Waals surface area (Å²) in [7, 11) is 5.41. The molecule has 2 aromatic rings. The summed E-state index contributed by atoms with van der Waals surface area (Å²) in [6.07, 6.45) is 1.11. The number of methoxy groups -OCH3 is 1. The number of nitrogens with one attached hydrogen (secondary N) is 2. The summed E-state index contributed by atoms with van der Waals surface area (Å²) in [6.45, 7) is 12.3. The SMILES string of the molecule is COc1c(CN2O[C@@H](CO)[C@@H](C(C)O)[C@H]2C(=O)N[C@H]2C[C@H]3C[C@@H]([C@@H]2C)C3(C)C)cccc1-c1cc(C(=O)N[C@H](CO)CC(C)C)cc(N(C)C)c1. The zero-order valence-electron chi connectivity index (χ0n) is 31.8. The number of fused-ring (bicyclic) bond motifs is 2. The standard InChI is InChI=1S/C40H60N4O7/c1-22(2)13-29(20-45)41-38(48)27-14-26(15-30(16-27)43(7)8)31-12-10-11-25(37(31)50-9)19-44-36(35(24(4)47)34(21-46)51-44)39(49)42-33-18-28-17-32(23(33)3)40(28,5)6/h10-12,14-16,22-24,28-29,32-36,45-47H,13,17-21H2,1-9H3,(H,41,48)(H,42,49)/t23-,24?,28+,29-,32-,33-,34-,35+,36-/m0/s1. The predicted molar refractivity (Wildman–Crippen MR) is 198 cm³/mol. The highest BCUT2D eigenvalue weighted by Gasteiger charge is 2.57. The second-order valence-corrected chi connectivity index (χ2v) is 16.4. The van der Waals surface area contributed by atoms with E-state index in [-0.39, 0.29) is 49.1 Å². The van der Waals surface area contributed by atoms with Crippen LogP contribution in [0.5, 0.6) is 5.75 Å². The maximum absolute atomic E-state index is 14.2. The van der Waals surface area contributed by atoms with Crippen LogP contribution in [0.3, 0.4) is 0 Å². The summed E-state index contributed by atoms with van der Waals surface area (Å²) < 4.78 is 6.03. The van der Waals surface area contributed by atoms with Gasteiger partial charge in [0.1, 0.15) is 17.9 Å². The molecule has 4 aliphatic rings. The number of nitrogens with zero attached hydrogens (tertiary/aromatic N) is 2. The van der Waals surface area contributed by atoms with Crippen molar-refractivity contribution in [2.75, 3.05) is 39.3 Å². The van der Waals surface area contributed by atoms with Crippen molar-refractivity contribution in [3.63, 3.8) is 0 Å². The number of benzene rings is 2. The molecule has 1 heterocycles. The van der Waals surface area contributed by atoms with Gasteiger partial charge in [0.15, 0.2) is 0 Å². The van der Waals surface area contributed by atoms with E-state index in [1.165, 1.54) is 6.42 Å². The number of ether oxygens (including phenoxy) is 1. The second-order valence-electron chi connectivity index (χ2n) is 16.4. The lowest BCUT2D eigenvalue weighted by atomic mass is 9.45. The summed E-state index contributed by atoms with van der Waals surface area (Å²) in [5.74, 6) is 1.17. The summed E-state index contributed by atoms with van der Waals surface area (Å²) in [5, 5.41) is 39.0. The Morgan fingerprint density at radius 1 is 1.12 bits per heavy atom. The van der Waals surface area contributed by atoms with Crippen LogP contribution >= 0.6 is 0 Å². The van der Waals surface area contributed by atoms with Gasteiger partial charge in [-0.25, -0.2) is 0 Å². The molecule has 9 atom stereocenters. The lowest BCUT2D eigenvalue weighted by molar-refractivity contribution is -0.183. The molecule has 1 unspecified atom stereocenters. The van der Waals surface area contributed by atoms with Crippen LogP contribution in [0.15, 0.2) is 36.4 Å². The number of hydrogen-bond donors (Lipinski definition) is 5. The lowest BCUT2D eigenvalue weighted by Gasteiger charge is -2.62. The number of hydroxylamine groups is 2. The lowest BCUT2D eigenvalue weighted by Crippen LogP contribution is -2.62. The minimum atomic E-state index is -0.906. The maximum Gasteiger partial charge on any atom is 0.251 e. The smallest absolute Gasteiger partial charge is 0.251 e. The molecular weight excluding hydrogens is 648 g/mol. The van der Waals surface area contributed by atoms with Gasteiger partial charge in [0.05, 0.1) is 39.0 Å². The van der Waals surface area contributed by atoms with Gasteiger partial charge in [-0.2, -0.15) is 5.06 Å². The molecule has 2 aromatic carbocycles. The Morgan fingerprint density at radius 2 is 1.84 bits per heavy atom. The number of hydrogen-bond acceptors (Lipinski definition) is 9. The van der Waals surface area contributed by atoms with Crippen molar-refractivity contribution >= 4 is 17.5 Å². The average molecular weight is 709 g/mol. The number of para-hydroxylation sites is 1. The van der Waals surface area contributed by atoms with Gasteiger partial charge in [-0.1, -0.05) is 52.8 Å². The van der Waals surface area contributed by atoms with E-state index in [4.69, 9.17) is 9.57 Å². The molecular formula is C40H60N4O7. The van der Waals surface area contributed by atoms with Gasteiger partial charge < -0.3 is 35.6 Å². The molecule has 5 N–H and O–H groups in total. The number of carbonyl (C=O) groups is 2. The summed E-state index contributed by atoms with van der Waals surface area (Å²) in [4.78, 5) is 35.9. The Morgan fingerprint density at radius 3 is 2.41 bits per heavy atom. The summed E-state index contributed by atoms with van der Waals surface area (Å²) >= 11 is 0. The first-order valence-corrected chi connectivity index (χ1v) is 18.5. The quantitative estimate of drug-likeness (QED) is 0.195. The van der Waals surface area contributed by atoms with Crippen LogP contribution in [0, 0.1) is 35.0 Å². The van der Waals surface area contributed by atoms with E-state index in [1.807, 2.05) is 55.4 Å². The zero-order valence-corrected chi connectivity index (χ0v) is 31.8. The Kier molecular flexibility index (Phi) is 12.1. The van der Waals surface area contributed by atoms with Crippen LogP contribution < -0.4 is 20.3 Å². The topological polar surface area (TPSA) is 144 Å². The first-order valence-electron chi connectivity index (χ1n) is 18.5. The van der Waals surface area contributed by atoms with Crippen LogP contribution in [0.1, 0.15) is 76.7 Å². The number of aliphatic hydroxyl groups is 3. The normalized spacial score (nSPS) is 28.1. The number of carbonyl (C=O) groups excluding carboxylic acids is 2. The van der Waals surface area contributed by atoms with Crippen molar-refractivity contribution in [1.29, 1.82) is 0 Å². The fourth-order valence-electron chi connectivity index (χ4n) is 9.00. The van der Waals surface area contributed by atoms with Gasteiger partial charge >= 0.3 is 0 Å². The van der Waals surface area contributed by atoms with Gasteiger partial charge in [-0.3, -0.25) is 14.4 Å². The van der Waals surface area contributed by atoms with Crippen LogP contribution in [0.4, 0.5) is 5.69 Å². The molecule has 4 fully saturated rings. The van der Waals surface area contributed by atoms with Crippen molar-refractivity contribution in [1.82, 2.24) is 15.7 Å². The molecule has 0 aromatic heterocycles. The third kappa shape index (κ3) is 7.93. The van der Waals surface area contributed by atoms with Gasteiger partial charge in [0, 0.05) is 48.4 Å². The monoisotopic (exact) mass is 708 g/mol. The van der Waals surface area contributed by atoms with Gasteiger partial charge in [0.25, 0.3) is 5.91 Å². The molecule has 3 aliphatic carbocycles. The number of rotatable bonds is 14. The van der Waals surface area contributed by atoms with Crippen LogP contribution in [-0.4, -0.2) is 96.9 Å². The highest BCUT2D eigenvalue weighted by molar-refractivity contribution is 5.97. The van der Waals surface area contributed by atoms with Crippen LogP contribution in [0.25, 0.3) is 11.1 Å². The molecule has 6 rings (SSSR count). The molecule has 0 radical (unpaired) electrons. The van der Waals surface area contributed by atoms with Crippen molar-refractivity contribution in [2.45, 2.75) is 97.7 Å². The number of amides is 2. The minimum absolute atomic E-state index is 0.0326. The molecule has 11 heteroatoms. The fourth-order valence-corrected chi connectivity index (χ4v) is 9.00. The van der Waals surface area contributed by atoms with Crippen molar-refractivity contribution < 1.29 is 34.5 Å². The van der Waals surface area contributed by atoms with E-state index in [0.29, 0.717) is 41.4 Å². The third-order valence-electron chi connectivity index (χ3n) is 12.0. The van der Waals surface area contributed by atoms with Crippen LogP contribution in [0.2, 0.25) is 0 Å². The van der Waals surface area contributed by atoms with Gasteiger partial charge in [-0.15, -0.1) is 0 Å². The van der Waals surface area contributed by atoms with Gasteiger partial charge in [0.2, 0.25) is 5.91 Å². The Labute approximate surface area is 303 Å². The molecule has 1 aliphatic heterocycles. The van der Waals surface area contributed by atoms with E-state index in [9.17, 15) is 24.9 Å². The highest BCUT2D eigenvalue weighted by atomic mass is 16.7. The van der Waals surface area contributed by atoms with Gasteiger partial charge in [-0.05, 0) is 79.0 Å². The first kappa shape index (κ1) is 39.0. The van der Waals surface area contributed by atoms with Crippen molar-refractivity contribution in [3.8, 4) is 16.9 Å². The largest absolute Gasteiger partial charge is 0.496 e. The average Bonchev–Trinajstić information content (AvgIpc) is 3.46. The second kappa shape index (κ2) is 15.8. The Bertz CT molecular complexity index is 1540. The van der Waals surface area contributed by atoms with E-state index in [2.05, 4.69) is 45.3 Å². The Hall–Kier alpha value is -3.22. The summed E-state index contributed by atoms with van der Waals surface area (Å²) in [6, 6.07) is 10.2. The zero-order chi connectivity index (χ0) is 37.4. The molecule has 282 valence electrons. The fraction of sp³-hybridized carbons (Fsp3) is 0.650. The highest BCUT2D eigenvalue weighted by Crippen LogP contribution is 2.61. The molecule has 0 spiro atoms. The third-order valence-corrected chi connectivity index (χ3v) is 12.0. The molecule has 1 saturated heterocycles. The number of aliphatic hydroxyl groups excluding tert-OH is 3. The number of anilines is 1. The summed E-state index contributed by atoms with van der Waals surface area (Å²) in [5.41, 5.74) is 3.79. The molecule has 11 nitrogen and oxygen atoms in total. The molecule has 2 bridgehead atoms. The van der Waals surface area contributed by atoms with E-state index >= 15 is 0 Å². The van der Waals surface area contributed by atoms with E-state index in [1.54, 1.807) is 19.1 Å². The first-order chi connectivity index (χ1) is 24.1. The minimum Gasteiger partial charge on any atom is -0.496 e. The maximum atomic E-state index is 14.2. The van der Waals surface area contributed by atoms with Crippen molar-refractivity contribution in [2.24, 2.45) is 35.0 Å². The van der Waals surface area contributed by atoms with E-state index in [0.717, 1.165) is 28.8 Å². The van der Waals surface area contributed by atoms with E-state index < -0.39 is 24.2 Å². The molecule has 3 saturated carbocycles. The van der Waals surface area contributed by atoms with Crippen molar-refractivity contribution in [3.05, 3.63) is 47.5 Å². The van der Waals surface area contributed by atoms with Crippen LogP contribution in [-0.2, 0) is 16.2 Å². The Balaban J connectivity index is 1.45. The molecule has 2 amide bonds.